The van der Waals surface area contributed by atoms with Gasteiger partial charge in [-0.3, -0.25) is 4.79 Å². The van der Waals surface area contributed by atoms with E-state index in [0.717, 1.165) is 32.1 Å². The lowest BCUT2D eigenvalue weighted by Gasteiger charge is -2.21. The van der Waals surface area contributed by atoms with Crippen LogP contribution in [0, 0.1) is 0 Å². The van der Waals surface area contributed by atoms with E-state index in [9.17, 15) is 14.7 Å². The van der Waals surface area contributed by atoms with Crippen molar-refractivity contribution in [2.75, 3.05) is 5.75 Å². The fraction of sp³-hybridized carbons (Fsp3) is 0.818. The topological polar surface area (TPSA) is 86.6 Å². The summed E-state index contributed by atoms with van der Waals surface area (Å²) in [5.41, 5.74) is 0. The molecule has 0 bridgehead atoms. The van der Waals surface area contributed by atoms with Crippen LogP contribution in [0.5, 0.6) is 0 Å². The van der Waals surface area contributed by atoms with E-state index in [2.05, 4.69) is 5.32 Å². The number of rotatable bonds is 6. The number of hydrogen-bond acceptors (Lipinski definition) is 4. The molecule has 0 aromatic carbocycles. The number of hydrogen-bond donors (Lipinski definition) is 3. The molecule has 1 aliphatic rings. The van der Waals surface area contributed by atoms with Crippen molar-refractivity contribution in [1.29, 1.82) is 0 Å². The summed E-state index contributed by atoms with van der Waals surface area (Å²) in [4.78, 5) is 21.1. The fourth-order valence-corrected chi connectivity index (χ4v) is 3.31. The standard InChI is InChI=1S/C11H19NO4S/c13-7-12-8(11(15)16)6-17-10-5-3-1-2-4-9(10)14/h7-10,14H,1-6H2,(H,12,13)(H,15,16). The van der Waals surface area contributed by atoms with E-state index in [0.29, 0.717) is 12.2 Å². The van der Waals surface area contributed by atoms with Crippen molar-refractivity contribution in [3.63, 3.8) is 0 Å². The van der Waals surface area contributed by atoms with Gasteiger partial charge in [-0.2, -0.15) is 11.8 Å². The molecule has 5 nitrogen and oxygen atoms in total. The van der Waals surface area contributed by atoms with E-state index in [1.165, 1.54) is 11.8 Å². The number of nitrogens with one attached hydrogen (secondary N) is 1. The van der Waals surface area contributed by atoms with Gasteiger partial charge in [0.15, 0.2) is 0 Å². The van der Waals surface area contributed by atoms with Crippen molar-refractivity contribution in [2.45, 2.75) is 49.5 Å². The zero-order chi connectivity index (χ0) is 12.7. The van der Waals surface area contributed by atoms with Crippen molar-refractivity contribution in [3.8, 4) is 0 Å². The SMILES string of the molecule is O=CNC(CSC1CCCCCC1O)C(=O)O. The van der Waals surface area contributed by atoms with Gasteiger partial charge in [0.2, 0.25) is 6.41 Å². The molecule has 6 heteroatoms. The Kier molecular flexibility index (Phi) is 6.36. The quantitative estimate of drug-likeness (QED) is 0.482. The molecule has 0 spiro atoms. The summed E-state index contributed by atoms with van der Waals surface area (Å²) in [5, 5.41) is 21.1. The van der Waals surface area contributed by atoms with Gasteiger partial charge in [-0.25, -0.2) is 4.79 Å². The summed E-state index contributed by atoms with van der Waals surface area (Å²) in [7, 11) is 0. The van der Waals surface area contributed by atoms with Gasteiger partial charge in [-0.15, -0.1) is 0 Å². The minimum Gasteiger partial charge on any atom is -0.480 e. The Morgan fingerprint density at radius 2 is 2.12 bits per heavy atom. The lowest BCUT2D eigenvalue weighted by Crippen LogP contribution is -2.39. The fourth-order valence-electron chi connectivity index (χ4n) is 1.94. The average Bonchev–Trinajstić information content (AvgIpc) is 2.49. The Morgan fingerprint density at radius 1 is 1.41 bits per heavy atom. The minimum absolute atomic E-state index is 0.0906. The molecule has 98 valence electrons. The Bertz CT molecular complexity index is 262. The summed E-state index contributed by atoms with van der Waals surface area (Å²) in [6, 6.07) is -0.868. The molecule has 1 saturated carbocycles. The number of carbonyl (C=O) groups excluding carboxylic acids is 1. The number of aliphatic carboxylic acids is 1. The smallest absolute Gasteiger partial charge is 0.327 e. The number of amides is 1. The Hall–Kier alpha value is -0.750. The highest BCUT2D eigenvalue weighted by Gasteiger charge is 2.25. The number of carboxylic acid groups (broad SMARTS) is 1. The molecule has 3 unspecified atom stereocenters. The third-order valence-electron chi connectivity index (χ3n) is 2.96. The molecular weight excluding hydrogens is 242 g/mol. The maximum atomic E-state index is 10.8. The van der Waals surface area contributed by atoms with E-state index in [4.69, 9.17) is 5.11 Å². The van der Waals surface area contributed by atoms with Gasteiger partial charge < -0.3 is 15.5 Å². The lowest BCUT2D eigenvalue weighted by molar-refractivity contribution is -0.139. The van der Waals surface area contributed by atoms with Crippen molar-refractivity contribution in [1.82, 2.24) is 5.32 Å². The maximum absolute atomic E-state index is 10.8. The second-order valence-corrected chi connectivity index (χ2v) is 5.52. The first-order chi connectivity index (χ1) is 8.15. The summed E-state index contributed by atoms with van der Waals surface area (Å²) < 4.78 is 0. The molecule has 0 aliphatic heterocycles. The second-order valence-electron chi connectivity index (χ2n) is 4.25. The van der Waals surface area contributed by atoms with Crippen LogP contribution in [0.25, 0.3) is 0 Å². The Balaban J connectivity index is 2.40. The molecule has 0 aromatic rings. The molecule has 1 fully saturated rings. The second kappa shape index (κ2) is 7.55. The van der Waals surface area contributed by atoms with Crippen LogP contribution in [0.4, 0.5) is 0 Å². The number of aliphatic hydroxyl groups is 1. The lowest BCUT2D eigenvalue weighted by atomic mass is 10.1. The molecule has 1 aliphatic carbocycles. The van der Waals surface area contributed by atoms with Crippen molar-refractivity contribution < 1.29 is 19.8 Å². The number of thioether (sulfide) groups is 1. The van der Waals surface area contributed by atoms with Gasteiger partial charge in [0.25, 0.3) is 0 Å². The van der Waals surface area contributed by atoms with Gasteiger partial charge in [0.1, 0.15) is 6.04 Å². The molecule has 0 saturated heterocycles. The van der Waals surface area contributed by atoms with Crippen molar-refractivity contribution in [3.05, 3.63) is 0 Å². The van der Waals surface area contributed by atoms with Crippen LogP contribution in [0.15, 0.2) is 0 Å². The minimum atomic E-state index is -1.03. The van der Waals surface area contributed by atoms with Crippen molar-refractivity contribution >= 4 is 24.1 Å². The molecule has 3 atom stereocenters. The van der Waals surface area contributed by atoms with Crippen LogP contribution in [0.3, 0.4) is 0 Å². The van der Waals surface area contributed by atoms with E-state index in [-0.39, 0.29) is 11.4 Å². The molecule has 17 heavy (non-hydrogen) atoms. The molecule has 0 radical (unpaired) electrons. The van der Waals surface area contributed by atoms with Gasteiger partial charge in [0, 0.05) is 11.0 Å². The number of carbonyl (C=O) groups is 2. The largest absolute Gasteiger partial charge is 0.480 e. The summed E-state index contributed by atoms with van der Waals surface area (Å²) >= 11 is 1.44. The normalized spacial score (nSPS) is 26.9. The summed E-state index contributed by atoms with van der Waals surface area (Å²) in [6.07, 6.45) is 5.00. The average molecular weight is 261 g/mol. The Morgan fingerprint density at radius 3 is 2.76 bits per heavy atom. The third-order valence-corrected chi connectivity index (χ3v) is 4.47. The molecule has 3 N–H and O–H groups in total. The summed E-state index contributed by atoms with van der Waals surface area (Å²) in [5.74, 6) is -0.733. The van der Waals surface area contributed by atoms with Gasteiger partial charge in [-0.1, -0.05) is 19.3 Å². The van der Waals surface area contributed by atoms with Crippen LogP contribution in [0.1, 0.15) is 32.1 Å². The molecule has 1 rings (SSSR count). The molecule has 0 heterocycles. The first-order valence-electron chi connectivity index (χ1n) is 5.87. The van der Waals surface area contributed by atoms with E-state index in [1.54, 1.807) is 0 Å². The Labute approximate surface area is 105 Å². The van der Waals surface area contributed by atoms with Gasteiger partial charge in [-0.05, 0) is 12.8 Å². The van der Waals surface area contributed by atoms with Crippen LogP contribution >= 0.6 is 11.8 Å². The first-order valence-corrected chi connectivity index (χ1v) is 6.92. The highest BCUT2D eigenvalue weighted by atomic mass is 32.2. The van der Waals surface area contributed by atoms with Gasteiger partial charge in [0.05, 0.1) is 6.10 Å². The first kappa shape index (κ1) is 14.3. The monoisotopic (exact) mass is 261 g/mol. The van der Waals surface area contributed by atoms with E-state index in [1.807, 2.05) is 0 Å². The number of aliphatic hydroxyl groups excluding tert-OH is 1. The zero-order valence-electron chi connectivity index (χ0n) is 9.67. The zero-order valence-corrected chi connectivity index (χ0v) is 10.5. The van der Waals surface area contributed by atoms with Crippen LogP contribution < -0.4 is 5.32 Å². The maximum Gasteiger partial charge on any atom is 0.327 e. The molecule has 0 aromatic heterocycles. The van der Waals surface area contributed by atoms with Gasteiger partial charge >= 0.3 is 5.97 Å². The number of carboxylic acids is 1. The molecule has 1 amide bonds. The highest BCUT2D eigenvalue weighted by molar-refractivity contribution is 8.00. The van der Waals surface area contributed by atoms with E-state index < -0.39 is 12.0 Å². The van der Waals surface area contributed by atoms with Crippen LogP contribution in [-0.2, 0) is 9.59 Å². The highest BCUT2D eigenvalue weighted by Crippen LogP contribution is 2.28. The summed E-state index contributed by atoms with van der Waals surface area (Å²) in [6.45, 7) is 0. The van der Waals surface area contributed by atoms with Crippen LogP contribution in [-0.4, -0.2) is 45.7 Å². The molecular formula is C11H19NO4S. The predicted octanol–water partition coefficient (Wildman–Crippen LogP) is 0.612. The third kappa shape index (κ3) is 4.95. The van der Waals surface area contributed by atoms with Crippen molar-refractivity contribution in [2.24, 2.45) is 0 Å². The van der Waals surface area contributed by atoms with E-state index >= 15 is 0 Å². The predicted molar refractivity (Wildman–Crippen MR) is 66.0 cm³/mol. The van der Waals surface area contributed by atoms with Crippen LogP contribution in [0.2, 0.25) is 0 Å².